The normalized spacial score (nSPS) is 11.8. The molecular weight excluding hydrogens is 767 g/mol. The Balaban J connectivity index is 1.06. The summed E-state index contributed by atoms with van der Waals surface area (Å²) in [6.45, 7) is 0. The van der Waals surface area contributed by atoms with Crippen LogP contribution in [-0.4, -0.2) is 23.7 Å². The van der Waals surface area contributed by atoms with Gasteiger partial charge in [-0.2, -0.15) is 0 Å². The van der Waals surface area contributed by atoms with Crippen molar-refractivity contribution >= 4 is 65.4 Å². The summed E-state index contributed by atoms with van der Waals surface area (Å²) >= 11 is 0. The zero-order valence-electron chi connectivity index (χ0n) is 34.1. The molecule has 0 saturated heterocycles. The van der Waals surface area contributed by atoms with E-state index < -0.39 is 0 Å². The molecule has 0 saturated carbocycles. The van der Waals surface area contributed by atoms with E-state index in [4.69, 9.17) is 9.97 Å². The van der Waals surface area contributed by atoms with Gasteiger partial charge in [0.2, 0.25) is 0 Å². The highest BCUT2D eigenvalue weighted by Gasteiger charge is 2.20. The van der Waals surface area contributed by atoms with E-state index in [0.29, 0.717) is 5.82 Å². The Labute approximate surface area is 363 Å². The Morgan fingerprint density at radius 1 is 0.238 bits per heavy atom. The third kappa shape index (κ3) is 5.57. The molecule has 13 rings (SSSR count). The first-order chi connectivity index (χ1) is 31.2. The summed E-state index contributed by atoms with van der Waals surface area (Å²) in [4.78, 5) is 10.3. The van der Waals surface area contributed by atoms with Gasteiger partial charge in [-0.15, -0.1) is 0 Å². The standard InChI is InChI=1S/C58H37N5/c1-3-16-38(17-4-1)50-37-51(60-58(59-50)39-18-5-2-6-19-39)40-20-15-21-41(34-40)61-56-32-30-42(62-52-26-11-7-22-44(52)45-23-8-12-27-53(45)62)35-48(56)49-36-43(31-33-57(49)61)63-54-28-13-9-24-46(54)47-25-10-14-29-55(47)63/h1-37H. The molecule has 4 heterocycles. The SMILES string of the molecule is c1ccc(-c2cc(-c3cccc(-n4c5ccc(-n6c7ccccc7c7ccccc76)cc5c5cc(-n6c7ccccc7c7ccccc76)ccc54)c3)nc(-c3ccccc3)n2)cc1. The van der Waals surface area contributed by atoms with Crippen LogP contribution in [0.2, 0.25) is 0 Å². The second kappa shape index (κ2) is 14.0. The molecule has 0 radical (unpaired) electrons. The summed E-state index contributed by atoms with van der Waals surface area (Å²) < 4.78 is 7.24. The molecule has 0 N–H and O–H groups in total. The summed E-state index contributed by atoms with van der Waals surface area (Å²) in [5.41, 5.74) is 15.1. The second-order valence-corrected chi connectivity index (χ2v) is 16.2. The lowest BCUT2D eigenvalue weighted by Crippen LogP contribution is -1.98. The van der Waals surface area contributed by atoms with Gasteiger partial charge in [0.1, 0.15) is 0 Å². The number of nitrogens with zero attached hydrogens (tertiary/aromatic N) is 5. The van der Waals surface area contributed by atoms with E-state index in [1.54, 1.807) is 0 Å². The van der Waals surface area contributed by atoms with Crippen molar-refractivity contribution in [2.24, 2.45) is 0 Å². The van der Waals surface area contributed by atoms with E-state index >= 15 is 0 Å². The third-order valence-electron chi connectivity index (χ3n) is 12.6. The number of hydrogen-bond donors (Lipinski definition) is 0. The Morgan fingerprint density at radius 2 is 0.603 bits per heavy atom. The highest BCUT2D eigenvalue weighted by molar-refractivity contribution is 6.14. The molecule has 0 aliphatic rings. The summed E-state index contributed by atoms with van der Waals surface area (Å²) in [5, 5.41) is 7.34. The average Bonchev–Trinajstić information content (AvgIpc) is 4.00. The molecule has 0 amide bonds. The molecule has 4 aromatic heterocycles. The Hall–Kier alpha value is -8.54. The molecule has 0 bridgehead atoms. The number of rotatable bonds is 6. The predicted octanol–water partition coefficient (Wildman–Crippen LogP) is 14.8. The molecule has 0 spiro atoms. The summed E-state index contributed by atoms with van der Waals surface area (Å²) in [5.74, 6) is 0.699. The molecular formula is C58H37N5. The van der Waals surface area contributed by atoms with E-state index in [9.17, 15) is 0 Å². The van der Waals surface area contributed by atoms with Crippen molar-refractivity contribution in [1.82, 2.24) is 23.7 Å². The zero-order valence-corrected chi connectivity index (χ0v) is 34.1. The first-order valence-corrected chi connectivity index (χ1v) is 21.4. The van der Waals surface area contributed by atoms with Crippen molar-refractivity contribution in [3.63, 3.8) is 0 Å². The maximum atomic E-state index is 5.20. The molecule has 0 fully saturated rings. The van der Waals surface area contributed by atoms with E-state index in [2.05, 4.69) is 214 Å². The number of hydrogen-bond acceptors (Lipinski definition) is 2. The molecule has 0 atom stereocenters. The predicted molar refractivity (Wildman–Crippen MR) is 261 cm³/mol. The fourth-order valence-electron chi connectivity index (χ4n) is 9.83. The number of aromatic nitrogens is 5. The zero-order chi connectivity index (χ0) is 41.4. The molecule has 9 aromatic carbocycles. The van der Waals surface area contributed by atoms with Crippen molar-refractivity contribution in [2.45, 2.75) is 0 Å². The van der Waals surface area contributed by atoms with Crippen molar-refractivity contribution in [2.75, 3.05) is 0 Å². The van der Waals surface area contributed by atoms with Crippen LogP contribution in [0.3, 0.4) is 0 Å². The number of fused-ring (bicyclic) bond motifs is 9. The molecule has 5 heteroatoms. The van der Waals surface area contributed by atoms with Crippen LogP contribution in [0.1, 0.15) is 0 Å². The molecule has 0 aliphatic heterocycles. The van der Waals surface area contributed by atoms with Crippen LogP contribution in [0.15, 0.2) is 224 Å². The van der Waals surface area contributed by atoms with Gasteiger partial charge in [-0.05, 0) is 78.9 Å². The van der Waals surface area contributed by atoms with Gasteiger partial charge in [-0.3, -0.25) is 0 Å². The molecule has 0 aliphatic carbocycles. The van der Waals surface area contributed by atoms with Crippen LogP contribution in [0.4, 0.5) is 0 Å². The minimum absolute atomic E-state index is 0.699. The minimum Gasteiger partial charge on any atom is -0.309 e. The van der Waals surface area contributed by atoms with Crippen molar-refractivity contribution in [3.8, 4) is 51.0 Å². The number of para-hydroxylation sites is 4. The monoisotopic (exact) mass is 803 g/mol. The Kier molecular flexibility index (Phi) is 7.84. The Bertz CT molecular complexity index is 3570. The van der Waals surface area contributed by atoms with Crippen LogP contribution in [0.25, 0.3) is 116 Å². The topological polar surface area (TPSA) is 40.6 Å². The van der Waals surface area contributed by atoms with E-state index in [-0.39, 0.29) is 0 Å². The van der Waals surface area contributed by atoms with E-state index in [1.807, 2.05) is 24.3 Å². The van der Waals surface area contributed by atoms with Crippen molar-refractivity contribution < 1.29 is 0 Å². The van der Waals surface area contributed by atoms with E-state index in [1.165, 1.54) is 54.4 Å². The van der Waals surface area contributed by atoms with Crippen LogP contribution in [0, 0.1) is 0 Å². The molecule has 63 heavy (non-hydrogen) atoms. The number of benzene rings is 9. The van der Waals surface area contributed by atoms with Crippen LogP contribution in [0.5, 0.6) is 0 Å². The lowest BCUT2D eigenvalue weighted by atomic mass is 10.1. The highest BCUT2D eigenvalue weighted by atomic mass is 15.0. The van der Waals surface area contributed by atoms with Crippen LogP contribution in [-0.2, 0) is 0 Å². The van der Waals surface area contributed by atoms with Crippen molar-refractivity contribution in [3.05, 3.63) is 224 Å². The van der Waals surface area contributed by atoms with Gasteiger partial charge in [0.05, 0.1) is 44.5 Å². The van der Waals surface area contributed by atoms with E-state index in [0.717, 1.165) is 56.2 Å². The maximum absolute atomic E-state index is 5.20. The van der Waals surface area contributed by atoms with Gasteiger partial charge in [0.15, 0.2) is 5.82 Å². The summed E-state index contributed by atoms with van der Waals surface area (Å²) in [6.07, 6.45) is 0. The smallest absolute Gasteiger partial charge is 0.160 e. The van der Waals surface area contributed by atoms with Gasteiger partial charge in [-0.1, -0.05) is 146 Å². The largest absolute Gasteiger partial charge is 0.309 e. The molecule has 5 nitrogen and oxygen atoms in total. The fraction of sp³-hybridized carbons (Fsp3) is 0. The lowest BCUT2D eigenvalue weighted by Gasteiger charge is -2.13. The second-order valence-electron chi connectivity index (χ2n) is 16.2. The quantitative estimate of drug-likeness (QED) is 0.168. The van der Waals surface area contributed by atoms with Gasteiger partial charge in [0, 0.05) is 66.1 Å². The van der Waals surface area contributed by atoms with Gasteiger partial charge >= 0.3 is 0 Å². The Morgan fingerprint density at radius 3 is 1.08 bits per heavy atom. The van der Waals surface area contributed by atoms with Gasteiger partial charge in [0.25, 0.3) is 0 Å². The molecule has 294 valence electrons. The van der Waals surface area contributed by atoms with Crippen LogP contribution < -0.4 is 0 Å². The maximum Gasteiger partial charge on any atom is 0.160 e. The molecule has 13 aromatic rings. The van der Waals surface area contributed by atoms with Crippen molar-refractivity contribution in [1.29, 1.82) is 0 Å². The first-order valence-electron chi connectivity index (χ1n) is 21.4. The fourth-order valence-corrected chi connectivity index (χ4v) is 9.83. The van der Waals surface area contributed by atoms with Gasteiger partial charge < -0.3 is 13.7 Å². The molecule has 0 unspecified atom stereocenters. The average molecular weight is 804 g/mol. The summed E-state index contributed by atoms with van der Waals surface area (Å²) in [7, 11) is 0. The first kappa shape index (κ1) is 35.2. The summed E-state index contributed by atoms with van der Waals surface area (Å²) in [6, 6.07) is 80.3. The third-order valence-corrected chi connectivity index (χ3v) is 12.6. The minimum atomic E-state index is 0.699. The highest BCUT2D eigenvalue weighted by Crippen LogP contribution is 2.40. The lowest BCUT2D eigenvalue weighted by molar-refractivity contribution is 1.15. The van der Waals surface area contributed by atoms with Crippen LogP contribution >= 0.6 is 0 Å². The van der Waals surface area contributed by atoms with Gasteiger partial charge in [-0.25, -0.2) is 9.97 Å².